The Morgan fingerprint density at radius 1 is 1.00 bits per heavy atom. The number of hydrogen-bond donors (Lipinski definition) is 2. The molecule has 1 amide bonds. The van der Waals surface area contributed by atoms with E-state index in [1.165, 1.54) is 6.33 Å². The zero-order chi connectivity index (χ0) is 20.1. The highest BCUT2D eigenvalue weighted by molar-refractivity contribution is 5.92. The van der Waals surface area contributed by atoms with Gasteiger partial charge in [0.2, 0.25) is 6.79 Å². The van der Waals surface area contributed by atoms with Gasteiger partial charge in [0.15, 0.2) is 11.5 Å². The van der Waals surface area contributed by atoms with Gasteiger partial charge in [-0.3, -0.25) is 4.79 Å². The Morgan fingerprint density at radius 2 is 1.79 bits per heavy atom. The second-order valence-corrected chi connectivity index (χ2v) is 6.36. The number of ether oxygens (including phenoxy) is 3. The maximum absolute atomic E-state index is 12.4. The number of rotatable bonds is 7. The predicted octanol–water partition coefficient (Wildman–Crippen LogP) is 2.76. The summed E-state index contributed by atoms with van der Waals surface area (Å²) in [6, 6.07) is 14.9. The molecular formula is C21H20N4O4. The second-order valence-electron chi connectivity index (χ2n) is 6.36. The number of methoxy groups -OCH3 is 1. The number of aromatic nitrogens is 2. The van der Waals surface area contributed by atoms with Crippen LogP contribution >= 0.6 is 0 Å². The molecule has 4 rings (SSSR count). The third-order valence-corrected chi connectivity index (χ3v) is 4.42. The molecule has 0 aliphatic carbocycles. The van der Waals surface area contributed by atoms with Gasteiger partial charge in [0, 0.05) is 19.2 Å². The molecule has 148 valence electrons. The molecule has 2 N–H and O–H groups in total. The van der Waals surface area contributed by atoms with Crippen molar-refractivity contribution in [2.45, 2.75) is 13.1 Å². The molecule has 3 aromatic rings. The number of nitrogens with one attached hydrogen (secondary N) is 2. The van der Waals surface area contributed by atoms with E-state index in [-0.39, 0.29) is 18.4 Å². The number of carbonyl (C=O) groups excluding carboxylic acids is 1. The number of hydrogen-bond acceptors (Lipinski definition) is 7. The van der Waals surface area contributed by atoms with Crippen LogP contribution in [0.4, 0.5) is 5.82 Å². The standard InChI is InChI=1S/C21H20N4O4/c1-27-16-5-2-14(3-6-16)10-22-20-9-17(24-12-25-20)21(26)23-11-15-4-7-18-19(8-15)29-13-28-18/h2-9,12H,10-11,13H2,1H3,(H,23,26)(H,22,24,25). The lowest BCUT2D eigenvalue weighted by Crippen LogP contribution is -2.24. The molecule has 0 saturated carbocycles. The van der Waals surface area contributed by atoms with Crippen molar-refractivity contribution in [1.29, 1.82) is 0 Å². The van der Waals surface area contributed by atoms with Gasteiger partial charge in [-0.2, -0.15) is 0 Å². The zero-order valence-electron chi connectivity index (χ0n) is 15.8. The van der Waals surface area contributed by atoms with Gasteiger partial charge in [-0.1, -0.05) is 18.2 Å². The highest BCUT2D eigenvalue weighted by Crippen LogP contribution is 2.32. The zero-order valence-corrected chi connectivity index (χ0v) is 15.8. The average molecular weight is 392 g/mol. The van der Waals surface area contributed by atoms with Crippen LogP contribution in [0.5, 0.6) is 17.2 Å². The molecule has 1 aromatic heterocycles. The van der Waals surface area contributed by atoms with Crippen LogP contribution in [0.15, 0.2) is 54.9 Å². The minimum Gasteiger partial charge on any atom is -0.497 e. The summed E-state index contributed by atoms with van der Waals surface area (Å²) < 4.78 is 15.8. The van der Waals surface area contributed by atoms with E-state index in [2.05, 4.69) is 20.6 Å². The van der Waals surface area contributed by atoms with E-state index in [9.17, 15) is 4.79 Å². The van der Waals surface area contributed by atoms with E-state index < -0.39 is 0 Å². The van der Waals surface area contributed by atoms with Crippen LogP contribution in [-0.4, -0.2) is 29.8 Å². The first-order valence-corrected chi connectivity index (χ1v) is 9.07. The van der Waals surface area contributed by atoms with Crippen LogP contribution in [-0.2, 0) is 13.1 Å². The fraction of sp³-hybridized carbons (Fsp3) is 0.190. The van der Waals surface area contributed by atoms with Crippen LogP contribution in [0.1, 0.15) is 21.6 Å². The molecule has 0 unspecified atom stereocenters. The van der Waals surface area contributed by atoms with Crippen LogP contribution in [0.25, 0.3) is 0 Å². The molecule has 29 heavy (non-hydrogen) atoms. The first kappa shape index (κ1) is 18.5. The van der Waals surface area contributed by atoms with Crippen molar-refractivity contribution < 1.29 is 19.0 Å². The molecule has 0 spiro atoms. The van der Waals surface area contributed by atoms with Gasteiger partial charge >= 0.3 is 0 Å². The maximum Gasteiger partial charge on any atom is 0.270 e. The summed E-state index contributed by atoms with van der Waals surface area (Å²) in [5.74, 6) is 2.49. The summed E-state index contributed by atoms with van der Waals surface area (Å²) in [4.78, 5) is 20.7. The molecule has 2 aromatic carbocycles. The lowest BCUT2D eigenvalue weighted by Gasteiger charge is -2.09. The smallest absolute Gasteiger partial charge is 0.270 e. The molecule has 8 nitrogen and oxygen atoms in total. The van der Waals surface area contributed by atoms with Crippen LogP contribution in [0, 0.1) is 0 Å². The van der Waals surface area contributed by atoms with Crippen molar-refractivity contribution in [3.8, 4) is 17.2 Å². The average Bonchev–Trinajstić information content (AvgIpc) is 3.24. The largest absolute Gasteiger partial charge is 0.497 e. The topological polar surface area (TPSA) is 94.6 Å². The van der Waals surface area contributed by atoms with Crippen LogP contribution < -0.4 is 24.8 Å². The van der Waals surface area contributed by atoms with Crippen molar-refractivity contribution in [2.75, 3.05) is 19.2 Å². The molecular weight excluding hydrogens is 372 g/mol. The number of fused-ring (bicyclic) bond motifs is 1. The van der Waals surface area contributed by atoms with E-state index in [0.29, 0.717) is 30.4 Å². The van der Waals surface area contributed by atoms with Crippen molar-refractivity contribution in [3.05, 3.63) is 71.7 Å². The fourth-order valence-electron chi connectivity index (χ4n) is 2.84. The monoisotopic (exact) mass is 392 g/mol. The Balaban J connectivity index is 1.34. The lowest BCUT2D eigenvalue weighted by atomic mass is 10.2. The van der Waals surface area contributed by atoms with Crippen LogP contribution in [0.2, 0.25) is 0 Å². The molecule has 8 heteroatoms. The Hall–Kier alpha value is -3.81. The molecule has 1 aliphatic heterocycles. The number of carbonyl (C=O) groups is 1. The van der Waals surface area contributed by atoms with Crippen molar-refractivity contribution in [1.82, 2.24) is 15.3 Å². The number of anilines is 1. The van der Waals surface area contributed by atoms with E-state index in [1.807, 2.05) is 42.5 Å². The van der Waals surface area contributed by atoms with E-state index in [4.69, 9.17) is 14.2 Å². The Morgan fingerprint density at radius 3 is 2.62 bits per heavy atom. The quantitative estimate of drug-likeness (QED) is 0.638. The Kier molecular flexibility index (Phi) is 5.42. The summed E-state index contributed by atoms with van der Waals surface area (Å²) in [5.41, 5.74) is 2.27. The Bertz CT molecular complexity index is 1010. The Labute approximate surface area is 167 Å². The van der Waals surface area contributed by atoms with Crippen LogP contribution in [0.3, 0.4) is 0 Å². The predicted molar refractivity (Wildman–Crippen MR) is 106 cm³/mol. The first-order valence-electron chi connectivity index (χ1n) is 9.07. The van der Waals surface area contributed by atoms with Crippen molar-refractivity contribution in [2.24, 2.45) is 0 Å². The first-order chi connectivity index (χ1) is 14.2. The van der Waals surface area contributed by atoms with E-state index in [0.717, 1.165) is 16.9 Å². The van der Waals surface area contributed by atoms with Gasteiger partial charge in [0.25, 0.3) is 5.91 Å². The maximum atomic E-state index is 12.4. The molecule has 0 fully saturated rings. The number of amides is 1. The van der Waals surface area contributed by atoms with Crippen molar-refractivity contribution >= 4 is 11.7 Å². The number of benzene rings is 2. The third-order valence-electron chi connectivity index (χ3n) is 4.42. The normalized spacial score (nSPS) is 11.8. The molecule has 0 saturated heterocycles. The third kappa shape index (κ3) is 4.55. The summed E-state index contributed by atoms with van der Waals surface area (Å²) in [7, 11) is 1.63. The summed E-state index contributed by atoms with van der Waals surface area (Å²) in [6.45, 7) is 1.14. The second kappa shape index (κ2) is 8.47. The van der Waals surface area contributed by atoms with E-state index in [1.54, 1.807) is 13.2 Å². The van der Waals surface area contributed by atoms with Crippen molar-refractivity contribution in [3.63, 3.8) is 0 Å². The SMILES string of the molecule is COc1ccc(CNc2cc(C(=O)NCc3ccc4c(c3)OCO4)ncn2)cc1. The van der Waals surface area contributed by atoms with Gasteiger partial charge in [-0.15, -0.1) is 0 Å². The molecule has 0 bridgehead atoms. The highest BCUT2D eigenvalue weighted by Gasteiger charge is 2.14. The molecule has 2 heterocycles. The van der Waals surface area contributed by atoms with Gasteiger partial charge in [-0.05, 0) is 35.4 Å². The minimum atomic E-state index is -0.280. The van der Waals surface area contributed by atoms with E-state index >= 15 is 0 Å². The summed E-state index contributed by atoms with van der Waals surface area (Å²) in [5, 5.41) is 6.05. The van der Waals surface area contributed by atoms with Gasteiger partial charge in [0.05, 0.1) is 7.11 Å². The summed E-state index contributed by atoms with van der Waals surface area (Å²) in [6.07, 6.45) is 1.37. The molecule has 1 aliphatic rings. The number of nitrogens with zero attached hydrogens (tertiary/aromatic N) is 2. The molecule has 0 atom stereocenters. The molecule has 0 radical (unpaired) electrons. The summed E-state index contributed by atoms with van der Waals surface area (Å²) >= 11 is 0. The van der Waals surface area contributed by atoms with Gasteiger partial charge in [0.1, 0.15) is 23.6 Å². The fourth-order valence-corrected chi connectivity index (χ4v) is 2.84. The minimum absolute atomic E-state index is 0.221. The lowest BCUT2D eigenvalue weighted by molar-refractivity contribution is 0.0945. The van der Waals surface area contributed by atoms with Gasteiger partial charge in [-0.25, -0.2) is 9.97 Å². The highest BCUT2D eigenvalue weighted by atomic mass is 16.7. The van der Waals surface area contributed by atoms with Gasteiger partial charge < -0.3 is 24.8 Å².